The van der Waals surface area contributed by atoms with Crippen molar-refractivity contribution in [3.05, 3.63) is 36.0 Å². The molecule has 0 radical (unpaired) electrons. The van der Waals surface area contributed by atoms with Gasteiger partial charge in [-0.25, -0.2) is 4.98 Å². The van der Waals surface area contributed by atoms with Crippen molar-refractivity contribution in [3.8, 4) is 11.1 Å². The van der Waals surface area contributed by atoms with E-state index in [0.717, 1.165) is 34.3 Å². The second-order valence-corrected chi connectivity index (χ2v) is 4.22. The van der Waals surface area contributed by atoms with Crippen LogP contribution in [0.2, 0.25) is 0 Å². The fraction of sp³-hybridized carbons (Fsp3) is 0.231. The van der Waals surface area contributed by atoms with Gasteiger partial charge in [0.25, 0.3) is 0 Å². The number of nitrogens with two attached hydrogens (primary N) is 1. The van der Waals surface area contributed by atoms with Crippen LogP contribution in [-0.4, -0.2) is 21.7 Å². The summed E-state index contributed by atoms with van der Waals surface area (Å²) in [7, 11) is 0. The third-order valence-corrected chi connectivity index (χ3v) is 2.92. The first-order valence-corrected chi connectivity index (χ1v) is 5.88. The van der Waals surface area contributed by atoms with E-state index >= 15 is 0 Å². The van der Waals surface area contributed by atoms with Gasteiger partial charge in [0.05, 0.1) is 6.20 Å². The Morgan fingerprint density at radius 3 is 3.11 bits per heavy atom. The largest absolute Gasteiger partial charge is 0.441 e. The summed E-state index contributed by atoms with van der Waals surface area (Å²) in [4.78, 5) is 4.34. The van der Waals surface area contributed by atoms with Gasteiger partial charge < -0.3 is 10.2 Å². The van der Waals surface area contributed by atoms with Crippen LogP contribution in [0.25, 0.3) is 22.2 Å². The Bertz CT molecular complexity index is 683. The van der Waals surface area contributed by atoms with Crippen molar-refractivity contribution >= 4 is 11.1 Å². The smallest absolute Gasteiger partial charge is 0.192 e. The number of hydrogen-bond donors (Lipinski definition) is 2. The fourth-order valence-electron chi connectivity index (χ4n) is 2.11. The first-order valence-electron chi connectivity index (χ1n) is 5.88. The number of hydrogen-bond acceptors (Lipinski definition) is 4. The Kier molecular flexibility index (Phi) is 2.60. The van der Waals surface area contributed by atoms with Crippen LogP contribution in [0.1, 0.15) is 11.6 Å². The third kappa shape index (κ3) is 1.78. The molecule has 5 nitrogen and oxygen atoms in total. The highest BCUT2D eigenvalue weighted by atomic mass is 16.3. The number of aromatic nitrogens is 3. The maximum Gasteiger partial charge on any atom is 0.192 e. The molecule has 0 aliphatic carbocycles. The number of fused-ring (bicyclic) bond motifs is 1. The topological polar surface area (TPSA) is 80.7 Å². The molecule has 3 N–H and O–H groups in total. The molecule has 0 aliphatic heterocycles. The lowest BCUT2D eigenvalue weighted by atomic mass is 10.0. The number of nitrogens with one attached hydrogen (secondary N) is 1. The predicted molar refractivity (Wildman–Crippen MR) is 69.1 cm³/mol. The van der Waals surface area contributed by atoms with Crippen LogP contribution in [0.5, 0.6) is 0 Å². The predicted octanol–water partition coefficient (Wildman–Crippen LogP) is 2.03. The zero-order valence-corrected chi connectivity index (χ0v) is 10.1. The summed E-state index contributed by atoms with van der Waals surface area (Å²) in [6.07, 6.45) is 2.60. The fourth-order valence-corrected chi connectivity index (χ4v) is 2.11. The molecule has 18 heavy (non-hydrogen) atoms. The average Bonchev–Trinajstić information content (AvgIpc) is 2.93. The number of nitrogens with zero attached hydrogens (tertiary/aromatic N) is 2. The van der Waals surface area contributed by atoms with Crippen LogP contribution in [0.3, 0.4) is 0 Å². The van der Waals surface area contributed by atoms with Crippen LogP contribution in [0.4, 0.5) is 0 Å². The van der Waals surface area contributed by atoms with Crippen molar-refractivity contribution in [2.45, 2.75) is 13.3 Å². The number of aromatic amines is 1. The van der Waals surface area contributed by atoms with Gasteiger partial charge in [-0.1, -0.05) is 6.07 Å². The molecule has 2 aromatic heterocycles. The standard InChI is InChI=1S/C13H14N4O/c1-8-16-12-6-9(2-3-13(12)18-8)10-7-15-17-11(10)4-5-14/h2-3,6-7H,4-5,14H2,1H3,(H,15,17). The second-order valence-electron chi connectivity index (χ2n) is 4.22. The Balaban J connectivity index is 2.10. The minimum Gasteiger partial charge on any atom is -0.441 e. The number of benzene rings is 1. The zero-order valence-electron chi connectivity index (χ0n) is 10.1. The van der Waals surface area contributed by atoms with E-state index < -0.39 is 0 Å². The molecular formula is C13H14N4O. The van der Waals surface area contributed by atoms with Gasteiger partial charge in [0, 0.05) is 24.6 Å². The minimum absolute atomic E-state index is 0.598. The van der Waals surface area contributed by atoms with Crippen LogP contribution in [0, 0.1) is 6.92 Å². The molecule has 3 aromatic rings. The molecule has 2 heterocycles. The van der Waals surface area contributed by atoms with E-state index in [2.05, 4.69) is 15.2 Å². The monoisotopic (exact) mass is 242 g/mol. The van der Waals surface area contributed by atoms with E-state index in [1.54, 1.807) is 0 Å². The van der Waals surface area contributed by atoms with E-state index in [-0.39, 0.29) is 0 Å². The minimum atomic E-state index is 0.598. The van der Waals surface area contributed by atoms with Gasteiger partial charge in [0.15, 0.2) is 11.5 Å². The maximum atomic E-state index is 5.59. The summed E-state index contributed by atoms with van der Waals surface area (Å²) in [6.45, 7) is 2.44. The molecule has 0 bridgehead atoms. The molecule has 0 saturated heterocycles. The molecule has 3 rings (SSSR count). The van der Waals surface area contributed by atoms with Gasteiger partial charge >= 0.3 is 0 Å². The Labute approximate surface area is 104 Å². The summed E-state index contributed by atoms with van der Waals surface area (Å²) >= 11 is 0. The van der Waals surface area contributed by atoms with Crippen LogP contribution in [-0.2, 0) is 6.42 Å². The lowest BCUT2D eigenvalue weighted by Gasteiger charge is -2.01. The van der Waals surface area contributed by atoms with Crippen LogP contribution in [0.15, 0.2) is 28.8 Å². The Morgan fingerprint density at radius 2 is 2.28 bits per heavy atom. The van der Waals surface area contributed by atoms with Crippen molar-refractivity contribution in [3.63, 3.8) is 0 Å². The van der Waals surface area contributed by atoms with Crippen molar-refractivity contribution in [2.75, 3.05) is 6.54 Å². The zero-order chi connectivity index (χ0) is 12.5. The van der Waals surface area contributed by atoms with E-state index in [1.807, 2.05) is 31.3 Å². The molecular weight excluding hydrogens is 228 g/mol. The van der Waals surface area contributed by atoms with Gasteiger partial charge in [-0.15, -0.1) is 0 Å². The van der Waals surface area contributed by atoms with E-state index in [9.17, 15) is 0 Å². The molecule has 0 spiro atoms. The first-order chi connectivity index (χ1) is 8.78. The van der Waals surface area contributed by atoms with Crippen molar-refractivity contribution < 1.29 is 4.42 Å². The third-order valence-electron chi connectivity index (χ3n) is 2.92. The van der Waals surface area contributed by atoms with Crippen LogP contribution >= 0.6 is 0 Å². The van der Waals surface area contributed by atoms with Crippen molar-refractivity contribution in [1.82, 2.24) is 15.2 Å². The van der Waals surface area contributed by atoms with Crippen molar-refractivity contribution in [2.24, 2.45) is 5.73 Å². The van der Waals surface area contributed by atoms with Gasteiger partial charge in [-0.3, -0.25) is 5.10 Å². The Hall–Kier alpha value is -2.14. The van der Waals surface area contributed by atoms with Gasteiger partial charge in [0.1, 0.15) is 5.52 Å². The number of oxazole rings is 1. The molecule has 92 valence electrons. The van der Waals surface area contributed by atoms with Crippen LogP contribution < -0.4 is 5.73 Å². The van der Waals surface area contributed by atoms with Gasteiger partial charge in [0.2, 0.25) is 0 Å². The highest BCUT2D eigenvalue weighted by Crippen LogP contribution is 2.26. The molecule has 0 aliphatic rings. The number of aryl methyl sites for hydroxylation is 1. The molecule has 5 heteroatoms. The van der Waals surface area contributed by atoms with E-state index in [0.29, 0.717) is 12.4 Å². The van der Waals surface area contributed by atoms with Crippen molar-refractivity contribution in [1.29, 1.82) is 0 Å². The van der Waals surface area contributed by atoms with E-state index in [1.165, 1.54) is 0 Å². The average molecular weight is 242 g/mol. The Morgan fingerprint density at radius 1 is 1.39 bits per heavy atom. The summed E-state index contributed by atoms with van der Waals surface area (Å²) in [6, 6.07) is 5.96. The number of rotatable bonds is 3. The molecule has 0 amide bonds. The molecule has 1 aromatic carbocycles. The molecule has 0 fully saturated rings. The summed E-state index contributed by atoms with van der Waals surface area (Å²) in [5.74, 6) is 0.677. The number of H-pyrrole nitrogens is 1. The molecule has 0 unspecified atom stereocenters. The summed E-state index contributed by atoms with van der Waals surface area (Å²) in [5, 5.41) is 7.06. The molecule has 0 atom stereocenters. The SMILES string of the molecule is Cc1nc2cc(-c3cn[nH]c3CCN)ccc2o1. The highest BCUT2D eigenvalue weighted by molar-refractivity contribution is 5.80. The first kappa shape index (κ1) is 11.0. The van der Waals surface area contributed by atoms with E-state index in [4.69, 9.17) is 10.2 Å². The molecule has 0 saturated carbocycles. The summed E-state index contributed by atoms with van der Waals surface area (Å²) in [5.41, 5.74) is 10.5. The summed E-state index contributed by atoms with van der Waals surface area (Å²) < 4.78 is 5.46. The van der Waals surface area contributed by atoms with Gasteiger partial charge in [-0.05, 0) is 24.2 Å². The lowest BCUT2D eigenvalue weighted by Crippen LogP contribution is -2.03. The maximum absolute atomic E-state index is 5.59. The second kappa shape index (κ2) is 4.27. The van der Waals surface area contributed by atoms with Gasteiger partial charge in [-0.2, -0.15) is 5.10 Å². The normalized spacial score (nSPS) is 11.2. The highest BCUT2D eigenvalue weighted by Gasteiger charge is 2.09. The quantitative estimate of drug-likeness (QED) is 0.736. The lowest BCUT2D eigenvalue weighted by molar-refractivity contribution is 0.561.